The fourth-order valence-electron chi connectivity index (χ4n) is 1.44. The molecule has 0 saturated carbocycles. The lowest BCUT2D eigenvalue weighted by atomic mass is 10.2. The van der Waals surface area contributed by atoms with Crippen LogP contribution in [0.4, 0.5) is 0 Å². The Morgan fingerprint density at radius 2 is 2.17 bits per heavy atom. The molecule has 0 atom stereocenters. The predicted octanol–water partition coefficient (Wildman–Crippen LogP) is 2.48. The van der Waals surface area contributed by atoms with Crippen LogP contribution in [-0.2, 0) is 11.3 Å². The normalized spacial score (nSPS) is 13.2. The molecule has 0 fully saturated rings. The summed E-state index contributed by atoms with van der Waals surface area (Å²) in [4.78, 5) is 9.51. The fourth-order valence-corrected chi connectivity index (χ4v) is 1.87. The van der Waals surface area contributed by atoms with Gasteiger partial charge >= 0.3 is 0 Å². The van der Waals surface area contributed by atoms with Crippen molar-refractivity contribution in [3.8, 4) is 11.5 Å². The lowest BCUT2D eigenvalue weighted by Crippen LogP contribution is -1.95. The van der Waals surface area contributed by atoms with Crippen LogP contribution in [-0.4, -0.2) is 18.3 Å². The number of fused-ring (bicyclic) bond motifs is 1. The van der Waals surface area contributed by atoms with E-state index < -0.39 is 4.92 Å². The van der Waals surface area contributed by atoms with Gasteiger partial charge in [0.25, 0.3) is 0 Å². The van der Waals surface area contributed by atoms with Crippen molar-refractivity contribution in [2.24, 2.45) is 0 Å². The second-order valence-electron chi connectivity index (χ2n) is 3.48. The molecule has 0 radical (unpaired) electrons. The highest BCUT2D eigenvalue weighted by atomic mass is 79.9. The zero-order chi connectivity index (χ0) is 13.0. The summed E-state index contributed by atoms with van der Waals surface area (Å²) in [7, 11) is 0. The second-order valence-corrected chi connectivity index (χ2v) is 4.34. The SMILES string of the molecule is O=[N+]([O-])C=CCOCc1cc2c(cc1Br)OCO2. The molecular weight excluding hydrogens is 306 g/mol. The summed E-state index contributed by atoms with van der Waals surface area (Å²) in [5, 5.41) is 10.0. The van der Waals surface area contributed by atoms with Gasteiger partial charge in [-0.05, 0) is 17.7 Å². The van der Waals surface area contributed by atoms with Gasteiger partial charge in [-0.2, -0.15) is 0 Å². The molecule has 0 N–H and O–H groups in total. The third-order valence-electron chi connectivity index (χ3n) is 2.24. The first-order chi connectivity index (χ1) is 8.66. The maximum absolute atomic E-state index is 10.0. The summed E-state index contributed by atoms with van der Waals surface area (Å²) in [6, 6.07) is 3.64. The largest absolute Gasteiger partial charge is 0.454 e. The van der Waals surface area contributed by atoms with Crippen molar-refractivity contribution in [2.75, 3.05) is 13.4 Å². The molecule has 18 heavy (non-hydrogen) atoms. The van der Waals surface area contributed by atoms with E-state index in [1.54, 1.807) is 0 Å². The van der Waals surface area contributed by atoms with E-state index in [1.807, 2.05) is 12.1 Å². The van der Waals surface area contributed by atoms with Gasteiger partial charge in [0.15, 0.2) is 11.5 Å². The van der Waals surface area contributed by atoms with Crippen LogP contribution in [0.2, 0.25) is 0 Å². The molecule has 7 heteroatoms. The number of rotatable bonds is 5. The molecule has 0 aliphatic carbocycles. The van der Waals surface area contributed by atoms with Gasteiger partial charge in [0.05, 0.1) is 18.1 Å². The standard InChI is InChI=1S/C11H10BrNO5/c12-9-5-11-10(17-7-18-11)4-8(9)6-16-3-1-2-13(14)15/h1-2,4-5H,3,6-7H2. The Morgan fingerprint density at radius 3 is 2.89 bits per heavy atom. The summed E-state index contributed by atoms with van der Waals surface area (Å²) in [6.07, 6.45) is 2.20. The first kappa shape index (κ1) is 12.8. The van der Waals surface area contributed by atoms with Crippen LogP contribution in [0.5, 0.6) is 11.5 Å². The molecule has 2 rings (SSSR count). The van der Waals surface area contributed by atoms with Crippen molar-refractivity contribution in [3.63, 3.8) is 0 Å². The van der Waals surface area contributed by atoms with Crippen LogP contribution in [0.3, 0.4) is 0 Å². The molecule has 0 bridgehead atoms. The average Bonchev–Trinajstić information content (AvgIpc) is 2.75. The molecule has 1 aromatic carbocycles. The second kappa shape index (κ2) is 5.83. The van der Waals surface area contributed by atoms with Crippen molar-refractivity contribution >= 4 is 15.9 Å². The Labute approximate surface area is 111 Å². The number of nitro groups is 1. The molecule has 1 aliphatic heterocycles. The van der Waals surface area contributed by atoms with E-state index in [0.717, 1.165) is 16.2 Å². The topological polar surface area (TPSA) is 70.8 Å². The van der Waals surface area contributed by atoms with Gasteiger partial charge in [-0.25, -0.2) is 0 Å². The Hall–Kier alpha value is -1.60. The molecule has 0 spiro atoms. The van der Waals surface area contributed by atoms with Crippen molar-refractivity contribution < 1.29 is 19.1 Å². The molecular formula is C11H10BrNO5. The Kier molecular flexibility index (Phi) is 4.16. The quantitative estimate of drug-likeness (QED) is 0.474. The van der Waals surface area contributed by atoms with E-state index in [9.17, 15) is 10.1 Å². The summed E-state index contributed by atoms with van der Waals surface area (Å²) in [6.45, 7) is 0.735. The van der Waals surface area contributed by atoms with E-state index in [-0.39, 0.29) is 13.4 Å². The van der Waals surface area contributed by atoms with Crippen LogP contribution in [0, 0.1) is 10.1 Å². The average molecular weight is 316 g/mol. The lowest BCUT2D eigenvalue weighted by Gasteiger charge is -2.06. The minimum Gasteiger partial charge on any atom is -0.454 e. The fraction of sp³-hybridized carbons (Fsp3) is 0.273. The maximum atomic E-state index is 10.0. The predicted molar refractivity (Wildman–Crippen MR) is 66.1 cm³/mol. The highest BCUT2D eigenvalue weighted by Gasteiger charge is 2.16. The smallest absolute Gasteiger partial charge is 0.232 e. The minimum absolute atomic E-state index is 0.182. The Morgan fingerprint density at radius 1 is 1.44 bits per heavy atom. The van der Waals surface area contributed by atoms with E-state index in [0.29, 0.717) is 18.1 Å². The molecule has 0 unspecified atom stereocenters. The van der Waals surface area contributed by atoms with E-state index in [2.05, 4.69) is 15.9 Å². The van der Waals surface area contributed by atoms with Crippen molar-refractivity contribution in [1.29, 1.82) is 0 Å². The monoisotopic (exact) mass is 315 g/mol. The van der Waals surface area contributed by atoms with Crippen LogP contribution in [0.15, 0.2) is 28.9 Å². The first-order valence-corrected chi connectivity index (χ1v) is 5.92. The van der Waals surface area contributed by atoms with Gasteiger partial charge in [0.2, 0.25) is 13.0 Å². The number of hydrogen-bond acceptors (Lipinski definition) is 5. The van der Waals surface area contributed by atoms with Crippen molar-refractivity contribution in [1.82, 2.24) is 0 Å². The van der Waals surface area contributed by atoms with Crippen LogP contribution in [0.1, 0.15) is 5.56 Å². The Bertz CT molecular complexity index is 489. The van der Waals surface area contributed by atoms with Gasteiger partial charge in [-0.15, -0.1) is 0 Å². The summed E-state index contributed by atoms with van der Waals surface area (Å²) >= 11 is 3.40. The molecule has 6 nitrogen and oxygen atoms in total. The third-order valence-corrected chi connectivity index (χ3v) is 2.98. The molecule has 1 heterocycles. The minimum atomic E-state index is -0.528. The highest BCUT2D eigenvalue weighted by molar-refractivity contribution is 9.10. The van der Waals surface area contributed by atoms with Crippen LogP contribution >= 0.6 is 15.9 Å². The maximum Gasteiger partial charge on any atom is 0.232 e. The summed E-state index contributed by atoms with van der Waals surface area (Å²) in [5.41, 5.74) is 0.897. The van der Waals surface area contributed by atoms with E-state index >= 15 is 0 Å². The molecule has 1 aromatic rings. The molecule has 1 aliphatic rings. The van der Waals surface area contributed by atoms with Crippen molar-refractivity contribution in [2.45, 2.75) is 6.61 Å². The molecule has 0 saturated heterocycles. The zero-order valence-electron chi connectivity index (χ0n) is 9.30. The number of benzene rings is 1. The van der Waals surface area contributed by atoms with E-state index in [1.165, 1.54) is 6.08 Å². The number of halogens is 1. The number of nitrogens with zero attached hydrogens (tertiary/aromatic N) is 1. The summed E-state index contributed by atoms with van der Waals surface area (Å²) < 4.78 is 16.6. The summed E-state index contributed by atoms with van der Waals surface area (Å²) in [5.74, 6) is 1.37. The van der Waals surface area contributed by atoms with Gasteiger partial charge in [0, 0.05) is 10.5 Å². The molecule has 0 amide bonds. The first-order valence-electron chi connectivity index (χ1n) is 5.13. The lowest BCUT2D eigenvalue weighted by molar-refractivity contribution is -0.402. The third kappa shape index (κ3) is 3.21. The van der Waals surface area contributed by atoms with Gasteiger partial charge in [-0.1, -0.05) is 15.9 Å². The van der Waals surface area contributed by atoms with Crippen molar-refractivity contribution in [3.05, 3.63) is 44.6 Å². The molecule has 0 aromatic heterocycles. The highest BCUT2D eigenvalue weighted by Crippen LogP contribution is 2.37. The van der Waals surface area contributed by atoms with Gasteiger partial charge in [0.1, 0.15) is 0 Å². The number of ether oxygens (including phenoxy) is 3. The van der Waals surface area contributed by atoms with Crippen LogP contribution < -0.4 is 9.47 Å². The zero-order valence-corrected chi connectivity index (χ0v) is 10.9. The van der Waals surface area contributed by atoms with Crippen LogP contribution in [0.25, 0.3) is 0 Å². The number of hydrogen-bond donors (Lipinski definition) is 0. The van der Waals surface area contributed by atoms with Gasteiger partial charge < -0.3 is 14.2 Å². The molecule has 96 valence electrons. The van der Waals surface area contributed by atoms with Gasteiger partial charge in [-0.3, -0.25) is 10.1 Å². The van der Waals surface area contributed by atoms with E-state index in [4.69, 9.17) is 14.2 Å². The Balaban J connectivity index is 1.92.